The van der Waals surface area contributed by atoms with Crippen LogP contribution in [0.2, 0.25) is 0 Å². The number of halogens is 1. The van der Waals surface area contributed by atoms with Gasteiger partial charge in [-0.25, -0.2) is 4.39 Å². The van der Waals surface area contributed by atoms with E-state index >= 15 is 0 Å². The first-order chi connectivity index (χ1) is 8.17. The molecule has 0 spiro atoms. The van der Waals surface area contributed by atoms with Crippen molar-refractivity contribution in [3.8, 4) is 0 Å². The topological polar surface area (TPSA) is 53.7 Å². The number of rotatable bonds is 3. The van der Waals surface area contributed by atoms with E-state index in [2.05, 4.69) is 0 Å². The Morgan fingerprint density at radius 3 is 3.12 bits per heavy atom. The Morgan fingerprint density at radius 1 is 1.71 bits per heavy atom. The van der Waals surface area contributed by atoms with Gasteiger partial charge in [0.1, 0.15) is 11.9 Å². The van der Waals surface area contributed by atoms with Crippen LogP contribution in [0.4, 0.5) is 4.39 Å². The molecule has 1 aliphatic heterocycles. The third-order valence-corrected chi connectivity index (χ3v) is 3.13. The number of amides is 1. The summed E-state index contributed by atoms with van der Waals surface area (Å²) < 4.78 is 18.5. The van der Waals surface area contributed by atoms with Crippen LogP contribution in [-0.4, -0.2) is 41.3 Å². The standard InChI is InChI=1S/C12H16FNO3/c1-2-11-10(3-4-17-11)12(16)14-6-8(13)5-9(14)7-15/h3-4,8-9,15H,2,5-7H2,1H3/t8-,9-/m0/s1. The molecule has 2 rings (SSSR count). The molecule has 94 valence electrons. The molecule has 0 saturated carbocycles. The lowest BCUT2D eigenvalue weighted by molar-refractivity contribution is 0.0670. The van der Waals surface area contributed by atoms with Crippen LogP contribution in [-0.2, 0) is 6.42 Å². The lowest BCUT2D eigenvalue weighted by Gasteiger charge is -2.22. The van der Waals surface area contributed by atoms with Crippen LogP contribution in [0.3, 0.4) is 0 Å². The number of alkyl halides is 1. The predicted octanol–water partition coefficient (Wildman–Crippen LogP) is 1.39. The minimum absolute atomic E-state index is 0.0540. The van der Waals surface area contributed by atoms with Gasteiger partial charge < -0.3 is 14.4 Å². The molecule has 17 heavy (non-hydrogen) atoms. The fourth-order valence-corrected chi connectivity index (χ4v) is 2.24. The highest BCUT2D eigenvalue weighted by Crippen LogP contribution is 2.24. The van der Waals surface area contributed by atoms with Gasteiger partial charge in [0.15, 0.2) is 0 Å². The van der Waals surface area contributed by atoms with E-state index in [4.69, 9.17) is 9.52 Å². The van der Waals surface area contributed by atoms with Gasteiger partial charge in [0.2, 0.25) is 0 Å². The summed E-state index contributed by atoms with van der Waals surface area (Å²) in [6.45, 7) is 1.74. The lowest BCUT2D eigenvalue weighted by atomic mass is 10.1. The normalized spacial score (nSPS) is 24.3. The van der Waals surface area contributed by atoms with Gasteiger partial charge in [0.05, 0.1) is 31.0 Å². The van der Waals surface area contributed by atoms with E-state index < -0.39 is 12.2 Å². The van der Waals surface area contributed by atoms with E-state index in [-0.39, 0.29) is 25.5 Å². The average Bonchev–Trinajstić information content (AvgIpc) is 2.93. The molecule has 0 unspecified atom stereocenters. The number of aryl methyl sites for hydroxylation is 1. The Kier molecular flexibility index (Phi) is 3.47. The first kappa shape index (κ1) is 12.1. The third-order valence-electron chi connectivity index (χ3n) is 3.13. The minimum Gasteiger partial charge on any atom is -0.469 e. The monoisotopic (exact) mass is 241 g/mol. The predicted molar refractivity (Wildman–Crippen MR) is 59.5 cm³/mol. The summed E-state index contributed by atoms with van der Waals surface area (Å²) >= 11 is 0. The number of carbonyl (C=O) groups is 1. The zero-order chi connectivity index (χ0) is 12.4. The molecule has 0 bridgehead atoms. The molecule has 5 heteroatoms. The van der Waals surface area contributed by atoms with Crippen molar-refractivity contribution >= 4 is 5.91 Å². The van der Waals surface area contributed by atoms with E-state index in [0.717, 1.165) is 0 Å². The maximum Gasteiger partial charge on any atom is 0.257 e. The third kappa shape index (κ3) is 2.20. The maximum atomic E-state index is 13.3. The van der Waals surface area contributed by atoms with Crippen LogP contribution in [0, 0.1) is 0 Å². The highest BCUT2D eigenvalue weighted by Gasteiger charge is 2.36. The van der Waals surface area contributed by atoms with Gasteiger partial charge in [-0.15, -0.1) is 0 Å². The molecule has 1 amide bonds. The number of furan rings is 1. The van der Waals surface area contributed by atoms with Crippen LogP contribution in [0.1, 0.15) is 29.5 Å². The Labute approximate surface area is 99.0 Å². The molecule has 4 nitrogen and oxygen atoms in total. The fourth-order valence-electron chi connectivity index (χ4n) is 2.24. The summed E-state index contributed by atoms with van der Waals surface area (Å²) in [5, 5.41) is 9.14. The number of aliphatic hydroxyl groups is 1. The first-order valence-corrected chi connectivity index (χ1v) is 5.79. The maximum absolute atomic E-state index is 13.3. The summed E-state index contributed by atoms with van der Waals surface area (Å²) in [5.41, 5.74) is 0.472. The van der Waals surface area contributed by atoms with E-state index in [0.29, 0.717) is 17.7 Å². The van der Waals surface area contributed by atoms with Gasteiger partial charge >= 0.3 is 0 Å². The fraction of sp³-hybridized carbons (Fsp3) is 0.583. The van der Waals surface area contributed by atoms with Crippen LogP contribution in [0.15, 0.2) is 16.7 Å². The molecule has 0 aliphatic carbocycles. The van der Waals surface area contributed by atoms with Gasteiger partial charge in [-0.3, -0.25) is 4.79 Å². The Bertz CT molecular complexity index is 404. The summed E-state index contributed by atoms with van der Waals surface area (Å²) in [6, 6.07) is 1.18. The molecule has 0 aromatic carbocycles. The molecule has 1 aliphatic rings. The smallest absolute Gasteiger partial charge is 0.257 e. The number of aliphatic hydroxyl groups excluding tert-OH is 1. The second-order valence-electron chi connectivity index (χ2n) is 4.24. The average molecular weight is 241 g/mol. The van der Waals surface area contributed by atoms with Crippen LogP contribution in [0.25, 0.3) is 0 Å². The highest BCUT2D eigenvalue weighted by atomic mass is 19.1. The Balaban J connectivity index is 2.20. The minimum atomic E-state index is -1.05. The van der Waals surface area contributed by atoms with E-state index in [9.17, 15) is 9.18 Å². The number of hydrogen-bond acceptors (Lipinski definition) is 3. The molecule has 1 fully saturated rings. The Hall–Kier alpha value is -1.36. The summed E-state index contributed by atoms with van der Waals surface area (Å²) in [5.74, 6) is 0.351. The first-order valence-electron chi connectivity index (χ1n) is 5.79. The molecule has 2 atom stereocenters. The molecule has 2 heterocycles. The van der Waals surface area contributed by atoms with Crippen LogP contribution < -0.4 is 0 Å². The van der Waals surface area contributed by atoms with Crippen molar-refractivity contribution < 1.29 is 18.7 Å². The van der Waals surface area contributed by atoms with Gasteiger partial charge in [-0.05, 0) is 6.07 Å². The van der Waals surface area contributed by atoms with Crippen molar-refractivity contribution in [2.45, 2.75) is 32.0 Å². The number of nitrogens with zero attached hydrogens (tertiary/aromatic N) is 1. The van der Waals surface area contributed by atoms with Gasteiger partial charge in [-0.1, -0.05) is 6.92 Å². The second kappa shape index (κ2) is 4.87. The zero-order valence-corrected chi connectivity index (χ0v) is 9.73. The summed E-state index contributed by atoms with van der Waals surface area (Å²) in [6.07, 6.45) is 1.24. The molecule has 1 aromatic rings. The van der Waals surface area contributed by atoms with E-state index in [1.165, 1.54) is 11.2 Å². The molecule has 0 radical (unpaired) electrons. The molecule has 1 aromatic heterocycles. The van der Waals surface area contributed by atoms with E-state index in [1.807, 2.05) is 6.92 Å². The molecule has 1 saturated heterocycles. The van der Waals surface area contributed by atoms with Crippen molar-refractivity contribution in [3.05, 3.63) is 23.7 Å². The highest BCUT2D eigenvalue weighted by molar-refractivity contribution is 5.95. The largest absolute Gasteiger partial charge is 0.469 e. The van der Waals surface area contributed by atoms with Crippen molar-refractivity contribution in [1.82, 2.24) is 4.90 Å². The number of likely N-dealkylation sites (tertiary alicyclic amines) is 1. The SMILES string of the molecule is CCc1occc1C(=O)N1C[C@@H](F)C[C@H]1CO. The molecular formula is C12H16FNO3. The van der Waals surface area contributed by atoms with Crippen molar-refractivity contribution in [2.24, 2.45) is 0 Å². The zero-order valence-electron chi connectivity index (χ0n) is 9.73. The number of carbonyl (C=O) groups excluding carboxylic acids is 1. The van der Waals surface area contributed by atoms with Gasteiger partial charge in [-0.2, -0.15) is 0 Å². The van der Waals surface area contributed by atoms with Crippen LogP contribution in [0.5, 0.6) is 0 Å². The quantitative estimate of drug-likeness (QED) is 0.870. The van der Waals surface area contributed by atoms with E-state index in [1.54, 1.807) is 6.07 Å². The van der Waals surface area contributed by atoms with Crippen LogP contribution >= 0.6 is 0 Å². The Morgan fingerprint density at radius 2 is 2.47 bits per heavy atom. The van der Waals surface area contributed by atoms with Crippen molar-refractivity contribution in [2.75, 3.05) is 13.2 Å². The lowest BCUT2D eigenvalue weighted by Crippen LogP contribution is -2.38. The van der Waals surface area contributed by atoms with Crippen molar-refractivity contribution in [1.29, 1.82) is 0 Å². The number of hydrogen-bond donors (Lipinski definition) is 1. The second-order valence-corrected chi connectivity index (χ2v) is 4.24. The summed E-state index contributed by atoms with van der Waals surface area (Å²) in [4.78, 5) is 13.6. The van der Waals surface area contributed by atoms with Crippen molar-refractivity contribution in [3.63, 3.8) is 0 Å². The molecular weight excluding hydrogens is 225 g/mol. The van der Waals surface area contributed by atoms with Gasteiger partial charge in [0.25, 0.3) is 5.91 Å². The van der Waals surface area contributed by atoms with Gasteiger partial charge in [0, 0.05) is 12.8 Å². The summed E-state index contributed by atoms with van der Waals surface area (Å²) in [7, 11) is 0. The molecule has 1 N–H and O–H groups in total.